The SMILES string of the molecule is Cc1ccc(S(=O)(=O)Nc2ccc(C)c(Br)c2)c(C)c1. The van der Waals surface area contributed by atoms with E-state index in [-0.39, 0.29) is 0 Å². The first kappa shape index (κ1) is 15.1. The number of nitrogens with one attached hydrogen (secondary N) is 1. The lowest BCUT2D eigenvalue weighted by Gasteiger charge is -2.11. The Morgan fingerprint density at radius 3 is 2.25 bits per heavy atom. The predicted octanol–water partition coefficient (Wildman–Crippen LogP) is 4.18. The summed E-state index contributed by atoms with van der Waals surface area (Å²) in [4.78, 5) is 0.305. The van der Waals surface area contributed by atoms with Crippen LogP contribution in [0.5, 0.6) is 0 Å². The fourth-order valence-electron chi connectivity index (χ4n) is 1.97. The summed E-state index contributed by atoms with van der Waals surface area (Å²) in [7, 11) is -3.56. The van der Waals surface area contributed by atoms with Crippen LogP contribution in [0, 0.1) is 20.8 Å². The lowest BCUT2D eigenvalue weighted by atomic mass is 10.2. The van der Waals surface area contributed by atoms with Crippen molar-refractivity contribution in [2.75, 3.05) is 4.72 Å². The van der Waals surface area contributed by atoms with Crippen molar-refractivity contribution in [1.82, 2.24) is 0 Å². The maximum atomic E-state index is 12.4. The van der Waals surface area contributed by atoms with Crippen molar-refractivity contribution in [3.63, 3.8) is 0 Å². The number of halogens is 1. The Hall–Kier alpha value is -1.33. The molecule has 0 saturated heterocycles. The largest absolute Gasteiger partial charge is 0.280 e. The van der Waals surface area contributed by atoms with Gasteiger partial charge < -0.3 is 0 Å². The second-order valence-corrected chi connectivity index (χ2v) is 7.34. The van der Waals surface area contributed by atoms with Gasteiger partial charge in [-0.05, 0) is 50.1 Å². The van der Waals surface area contributed by atoms with Crippen LogP contribution in [0.15, 0.2) is 45.8 Å². The van der Waals surface area contributed by atoms with E-state index in [2.05, 4.69) is 20.7 Å². The molecular formula is C15H16BrNO2S. The average molecular weight is 354 g/mol. The van der Waals surface area contributed by atoms with Crippen molar-refractivity contribution in [3.8, 4) is 0 Å². The summed E-state index contributed by atoms with van der Waals surface area (Å²) in [6, 6.07) is 10.7. The van der Waals surface area contributed by atoms with Crippen LogP contribution in [0.3, 0.4) is 0 Å². The van der Waals surface area contributed by atoms with Gasteiger partial charge in [-0.25, -0.2) is 8.42 Å². The molecule has 0 aliphatic heterocycles. The van der Waals surface area contributed by atoms with Crippen LogP contribution in [0.2, 0.25) is 0 Å². The molecule has 20 heavy (non-hydrogen) atoms. The Bertz CT molecular complexity index is 754. The number of rotatable bonds is 3. The third-order valence-corrected chi connectivity index (χ3v) is 5.44. The molecule has 0 fully saturated rings. The molecule has 2 aromatic rings. The molecule has 0 bridgehead atoms. The maximum absolute atomic E-state index is 12.4. The minimum Gasteiger partial charge on any atom is -0.280 e. The van der Waals surface area contributed by atoms with Crippen molar-refractivity contribution < 1.29 is 8.42 Å². The van der Waals surface area contributed by atoms with Gasteiger partial charge in [-0.3, -0.25) is 4.72 Å². The standard InChI is InChI=1S/C15H16BrNO2S/c1-10-4-7-15(12(3)8-10)20(18,19)17-13-6-5-11(2)14(16)9-13/h4-9,17H,1-3H3. The number of hydrogen-bond donors (Lipinski definition) is 1. The van der Waals surface area contributed by atoms with Crippen molar-refractivity contribution in [2.45, 2.75) is 25.7 Å². The summed E-state index contributed by atoms with van der Waals surface area (Å²) in [6.07, 6.45) is 0. The van der Waals surface area contributed by atoms with E-state index in [0.717, 1.165) is 21.2 Å². The average Bonchev–Trinajstić information content (AvgIpc) is 2.33. The number of anilines is 1. The van der Waals surface area contributed by atoms with Gasteiger partial charge in [0.2, 0.25) is 0 Å². The first-order valence-corrected chi connectivity index (χ1v) is 8.43. The molecule has 5 heteroatoms. The Morgan fingerprint density at radius 2 is 1.65 bits per heavy atom. The van der Waals surface area contributed by atoms with Crippen LogP contribution >= 0.6 is 15.9 Å². The van der Waals surface area contributed by atoms with E-state index in [9.17, 15) is 8.42 Å². The van der Waals surface area contributed by atoms with Crippen molar-refractivity contribution in [1.29, 1.82) is 0 Å². The molecule has 0 amide bonds. The highest BCUT2D eigenvalue weighted by atomic mass is 79.9. The van der Waals surface area contributed by atoms with Crippen LogP contribution in [-0.4, -0.2) is 8.42 Å². The van der Waals surface area contributed by atoms with E-state index in [0.29, 0.717) is 10.6 Å². The smallest absolute Gasteiger partial charge is 0.262 e. The Morgan fingerprint density at radius 1 is 0.950 bits per heavy atom. The van der Waals surface area contributed by atoms with Gasteiger partial charge in [0.15, 0.2) is 0 Å². The van der Waals surface area contributed by atoms with E-state index in [4.69, 9.17) is 0 Å². The monoisotopic (exact) mass is 353 g/mol. The fourth-order valence-corrected chi connectivity index (χ4v) is 3.62. The summed E-state index contributed by atoms with van der Waals surface area (Å²) < 4.78 is 28.3. The summed E-state index contributed by atoms with van der Waals surface area (Å²) >= 11 is 3.40. The summed E-state index contributed by atoms with van der Waals surface area (Å²) in [5.41, 5.74) is 3.38. The van der Waals surface area contributed by atoms with E-state index in [1.807, 2.05) is 26.0 Å². The van der Waals surface area contributed by atoms with Gasteiger partial charge in [0, 0.05) is 10.2 Å². The van der Waals surface area contributed by atoms with Crippen molar-refractivity contribution in [2.24, 2.45) is 0 Å². The molecule has 0 heterocycles. The molecule has 3 nitrogen and oxygen atoms in total. The molecule has 0 aliphatic carbocycles. The molecule has 0 unspecified atom stereocenters. The summed E-state index contributed by atoms with van der Waals surface area (Å²) in [6.45, 7) is 5.69. The molecule has 0 atom stereocenters. The van der Waals surface area contributed by atoms with Crippen LogP contribution in [0.25, 0.3) is 0 Å². The van der Waals surface area contributed by atoms with Gasteiger partial charge in [0.1, 0.15) is 0 Å². The summed E-state index contributed by atoms with van der Waals surface area (Å²) in [5, 5.41) is 0. The van der Waals surface area contributed by atoms with E-state index >= 15 is 0 Å². The fraction of sp³-hybridized carbons (Fsp3) is 0.200. The van der Waals surface area contributed by atoms with Crippen molar-refractivity contribution in [3.05, 3.63) is 57.6 Å². The first-order valence-electron chi connectivity index (χ1n) is 6.16. The van der Waals surface area contributed by atoms with Gasteiger partial charge in [0.05, 0.1) is 4.90 Å². The Balaban J connectivity index is 2.38. The van der Waals surface area contributed by atoms with Crippen LogP contribution in [0.1, 0.15) is 16.7 Å². The van der Waals surface area contributed by atoms with Gasteiger partial charge in [-0.2, -0.15) is 0 Å². The minimum atomic E-state index is -3.56. The number of sulfonamides is 1. The second-order valence-electron chi connectivity index (χ2n) is 4.84. The lowest BCUT2D eigenvalue weighted by Crippen LogP contribution is -2.14. The quantitative estimate of drug-likeness (QED) is 0.899. The third-order valence-electron chi connectivity index (χ3n) is 3.04. The highest BCUT2D eigenvalue weighted by molar-refractivity contribution is 9.10. The zero-order valence-electron chi connectivity index (χ0n) is 11.6. The Kier molecular flexibility index (Phi) is 4.20. The van der Waals surface area contributed by atoms with Gasteiger partial charge in [-0.15, -0.1) is 0 Å². The highest BCUT2D eigenvalue weighted by Crippen LogP contribution is 2.24. The Labute approximate surface area is 128 Å². The molecule has 0 aliphatic rings. The van der Waals surface area contributed by atoms with Crippen LogP contribution in [-0.2, 0) is 10.0 Å². The van der Waals surface area contributed by atoms with Gasteiger partial charge in [0.25, 0.3) is 10.0 Å². The molecule has 0 radical (unpaired) electrons. The van der Waals surface area contributed by atoms with Gasteiger partial charge in [-0.1, -0.05) is 39.7 Å². The molecule has 0 spiro atoms. The zero-order chi connectivity index (χ0) is 14.9. The zero-order valence-corrected chi connectivity index (χ0v) is 14.0. The minimum absolute atomic E-state index is 0.305. The van der Waals surface area contributed by atoms with Crippen molar-refractivity contribution >= 4 is 31.6 Å². The number of benzene rings is 2. The lowest BCUT2D eigenvalue weighted by molar-refractivity contribution is 0.600. The third kappa shape index (κ3) is 3.22. The molecule has 0 aromatic heterocycles. The predicted molar refractivity (Wildman–Crippen MR) is 85.6 cm³/mol. The number of hydrogen-bond acceptors (Lipinski definition) is 2. The van der Waals surface area contributed by atoms with Gasteiger partial charge >= 0.3 is 0 Å². The number of aryl methyl sites for hydroxylation is 3. The molecule has 106 valence electrons. The molecule has 2 aromatic carbocycles. The molecule has 2 rings (SSSR count). The first-order chi connectivity index (χ1) is 9.29. The highest BCUT2D eigenvalue weighted by Gasteiger charge is 2.17. The van der Waals surface area contributed by atoms with E-state index in [1.165, 1.54) is 0 Å². The maximum Gasteiger partial charge on any atom is 0.262 e. The normalized spacial score (nSPS) is 11.4. The van der Waals surface area contributed by atoms with Crippen LogP contribution < -0.4 is 4.72 Å². The second kappa shape index (κ2) is 5.58. The molecule has 0 saturated carbocycles. The molecular weight excluding hydrogens is 338 g/mol. The molecule has 1 N–H and O–H groups in total. The van der Waals surface area contributed by atoms with E-state index in [1.54, 1.807) is 31.2 Å². The van der Waals surface area contributed by atoms with Crippen LogP contribution in [0.4, 0.5) is 5.69 Å². The summed E-state index contributed by atoms with van der Waals surface area (Å²) in [5.74, 6) is 0. The van der Waals surface area contributed by atoms with E-state index < -0.39 is 10.0 Å². The topological polar surface area (TPSA) is 46.2 Å².